The van der Waals surface area contributed by atoms with E-state index in [4.69, 9.17) is 17.3 Å². The van der Waals surface area contributed by atoms with Crippen LogP contribution in [0.4, 0.5) is 5.82 Å². The molecule has 1 aromatic carbocycles. The zero-order valence-electron chi connectivity index (χ0n) is 11.1. The van der Waals surface area contributed by atoms with E-state index in [0.717, 1.165) is 6.07 Å². The Labute approximate surface area is 131 Å². The second-order valence-corrected chi connectivity index (χ2v) is 6.46. The first kappa shape index (κ1) is 16.2. The Bertz CT molecular complexity index is 796. The van der Waals surface area contributed by atoms with Crippen molar-refractivity contribution in [2.24, 2.45) is 0 Å². The number of hydrogen-bond donors (Lipinski definition) is 3. The van der Waals surface area contributed by atoms with E-state index in [1.807, 2.05) is 0 Å². The first-order chi connectivity index (χ1) is 10.3. The molecule has 1 heterocycles. The van der Waals surface area contributed by atoms with Gasteiger partial charge >= 0.3 is 5.97 Å². The summed E-state index contributed by atoms with van der Waals surface area (Å²) in [6.07, 6.45) is 1.20. The number of hydrogen-bond acceptors (Lipinski definition) is 5. The van der Waals surface area contributed by atoms with Crippen LogP contribution in [0.2, 0.25) is 5.02 Å². The van der Waals surface area contributed by atoms with Crippen molar-refractivity contribution in [1.29, 1.82) is 0 Å². The molecule has 0 saturated carbocycles. The molecule has 0 amide bonds. The Morgan fingerprint density at radius 3 is 2.55 bits per heavy atom. The van der Waals surface area contributed by atoms with Gasteiger partial charge in [0.1, 0.15) is 16.8 Å². The van der Waals surface area contributed by atoms with E-state index in [9.17, 15) is 18.3 Å². The van der Waals surface area contributed by atoms with Crippen molar-refractivity contribution in [2.45, 2.75) is 10.9 Å². The predicted octanol–water partition coefficient (Wildman–Crippen LogP) is 1.42. The molecule has 0 spiro atoms. The highest BCUT2D eigenvalue weighted by Crippen LogP contribution is 2.23. The number of sulfonamides is 1. The minimum Gasteiger partial charge on any atom is -0.480 e. The number of pyridine rings is 1. The molecule has 4 N–H and O–H groups in total. The highest BCUT2D eigenvalue weighted by atomic mass is 35.5. The molecule has 7 nitrogen and oxygen atoms in total. The molecule has 22 heavy (non-hydrogen) atoms. The van der Waals surface area contributed by atoms with Crippen LogP contribution in [-0.4, -0.2) is 24.5 Å². The third-order valence-corrected chi connectivity index (χ3v) is 4.45. The van der Waals surface area contributed by atoms with E-state index in [1.165, 1.54) is 18.3 Å². The summed E-state index contributed by atoms with van der Waals surface area (Å²) in [5.41, 5.74) is 5.81. The van der Waals surface area contributed by atoms with Gasteiger partial charge in [-0.2, -0.15) is 4.72 Å². The number of carboxylic acid groups (broad SMARTS) is 1. The Balaban J connectivity index is 2.41. The Hall–Kier alpha value is -2.16. The highest BCUT2D eigenvalue weighted by molar-refractivity contribution is 7.89. The van der Waals surface area contributed by atoms with Crippen molar-refractivity contribution in [1.82, 2.24) is 9.71 Å². The van der Waals surface area contributed by atoms with Gasteiger partial charge in [-0.15, -0.1) is 0 Å². The number of nitrogen functional groups attached to an aromatic ring is 1. The fourth-order valence-electron chi connectivity index (χ4n) is 1.77. The molecule has 0 aliphatic rings. The van der Waals surface area contributed by atoms with Crippen LogP contribution in [-0.2, 0) is 14.8 Å². The van der Waals surface area contributed by atoms with Crippen LogP contribution in [0.5, 0.6) is 0 Å². The lowest BCUT2D eigenvalue weighted by atomic mass is 10.1. The van der Waals surface area contributed by atoms with Gasteiger partial charge in [-0.1, -0.05) is 41.9 Å². The molecule has 1 atom stereocenters. The molecule has 0 aliphatic carbocycles. The third-order valence-electron chi connectivity index (χ3n) is 2.79. The summed E-state index contributed by atoms with van der Waals surface area (Å²) >= 11 is 5.71. The third kappa shape index (κ3) is 3.53. The highest BCUT2D eigenvalue weighted by Gasteiger charge is 2.28. The molecule has 2 aromatic rings. The molecule has 0 aliphatic heterocycles. The number of benzene rings is 1. The fourth-order valence-corrected chi connectivity index (χ4v) is 3.28. The molecule has 9 heteroatoms. The van der Waals surface area contributed by atoms with E-state index in [-0.39, 0.29) is 21.3 Å². The molecule has 0 fully saturated rings. The van der Waals surface area contributed by atoms with E-state index in [0.29, 0.717) is 0 Å². The van der Waals surface area contributed by atoms with E-state index < -0.39 is 22.0 Å². The maximum Gasteiger partial charge on any atom is 0.326 e. The SMILES string of the molecule is Nc1ncc(Cl)cc1S(=O)(=O)N[C@H](C(=O)O)c1ccccc1. The summed E-state index contributed by atoms with van der Waals surface area (Å²) in [7, 11) is -4.21. The Morgan fingerprint density at radius 2 is 1.95 bits per heavy atom. The van der Waals surface area contributed by atoms with Crippen molar-refractivity contribution in [3.63, 3.8) is 0 Å². The smallest absolute Gasteiger partial charge is 0.326 e. The molecule has 2 rings (SSSR count). The van der Waals surface area contributed by atoms with Crippen LogP contribution in [0.3, 0.4) is 0 Å². The molecular weight excluding hydrogens is 330 g/mol. The quantitative estimate of drug-likeness (QED) is 0.756. The van der Waals surface area contributed by atoms with Gasteiger partial charge in [0.15, 0.2) is 0 Å². The predicted molar refractivity (Wildman–Crippen MR) is 80.8 cm³/mol. The average molecular weight is 342 g/mol. The molecule has 116 valence electrons. The molecular formula is C13H12ClN3O4S. The minimum absolute atomic E-state index is 0.0705. The summed E-state index contributed by atoms with van der Waals surface area (Å²) in [5, 5.41) is 9.33. The van der Waals surface area contributed by atoms with Crippen LogP contribution in [0.15, 0.2) is 47.5 Å². The maximum atomic E-state index is 12.3. The number of aliphatic carboxylic acids is 1. The van der Waals surface area contributed by atoms with Crippen molar-refractivity contribution in [3.8, 4) is 0 Å². The standard InChI is InChI=1S/C13H12ClN3O4S/c14-9-6-10(12(15)16-7-9)22(20,21)17-11(13(18)19)8-4-2-1-3-5-8/h1-7,11,17H,(H2,15,16)(H,18,19)/t11-/m0/s1. The van der Waals surface area contributed by atoms with Crippen LogP contribution >= 0.6 is 11.6 Å². The van der Waals surface area contributed by atoms with Crippen molar-refractivity contribution < 1.29 is 18.3 Å². The summed E-state index contributed by atoms with van der Waals surface area (Å²) in [6.45, 7) is 0. The number of anilines is 1. The minimum atomic E-state index is -4.21. The maximum absolute atomic E-state index is 12.3. The molecule has 0 saturated heterocycles. The Kier molecular flexibility index (Phi) is 4.65. The van der Waals surface area contributed by atoms with Gasteiger partial charge in [0.25, 0.3) is 0 Å². The van der Waals surface area contributed by atoms with E-state index in [1.54, 1.807) is 18.2 Å². The van der Waals surface area contributed by atoms with E-state index in [2.05, 4.69) is 9.71 Å². The van der Waals surface area contributed by atoms with Crippen LogP contribution in [0, 0.1) is 0 Å². The first-order valence-corrected chi connectivity index (χ1v) is 7.88. The Morgan fingerprint density at radius 1 is 1.32 bits per heavy atom. The number of nitrogens with one attached hydrogen (secondary N) is 1. The van der Waals surface area contributed by atoms with Gasteiger partial charge in [-0.25, -0.2) is 13.4 Å². The summed E-state index contributed by atoms with van der Waals surface area (Å²) in [5.74, 6) is -1.61. The number of carbonyl (C=O) groups is 1. The number of carboxylic acids is 1. The zero-order valence-corrected chi connectivity index (χ0v) is 12.7. The molecule has 0 bridgehead atoms. The summed E-state index contributed by atoms with van der Waals surface area (Å²) < 4.78 is 26.8. The van der Waals surface area contributed by atoms with Gasteiger partial charge < -0.3 is 10.8 Å². The average Bonchev–Trinajstić information content (AvgIpc) is 2.48. The second kappa shape index (κ2) is 6.30. The van der Waals surface area contributed by atoms with Crippen LogP contribution in [0.1, 0.15) is 11.6 Å². The van der Waals surface area contributed by atoms with Crippen molar-refractivity contribution >= 4 is 33.4 Å². The number of aromatic nitrogens is 1. The number of rotatable bonds is 5. The molecule has 1 aromatic heterocycles. The number of halogens is 1. The van der Waals surface area contributed by atoms with Gasteiger partial charge in [-0.3, -0.25) is 4.79 Å². The number of nitrogens with zero attached hydrogens (tertiary/aromatic N) is 1. The van der Waals surface area contributed by atoms with Gasteiger partial charge in [0.2, 0.25) is 10.0 Å². The van der Waals surface area contributed by atoms with Crippen LogP contribution in [0.25, 0.3) is 0 Å². The monoisotopic (exact) mass is 341 g/mol. The fraction of sp³-hybridized carbons (Fsp3) is 0.0769. The second-order valence-electron chi connectivity index (χ2n) is 4.34. The zero-order chi connectivity index (χ0) is 16.3. The summed E-state index contributed by atoms with van der Waals surface area (Å²) in [4.78, 5) is 14.6. The van der Waals surface area contributed by atoms with Crippen molar-refractivity contribution in [2.75, 3.05) is 5.73 Å². The normalized spacial score (nSPS) is 12.8. The lowest BCUT2D eigenvalue weighted by molar-refractivity contribution is -0.139. The van der Waals surface area contributed by atoms with Gasteiger partial charge in [0.05, 0.1) is 5.02 Å². The summed E-state index contributed by atoms with van der Waals surface area (Å²) in [6, 6.07) is 7.56. The lowest BCUT2D eigenvalue weighted by Crippen LogP contribution is -2.34. The first-order valence-electron chi connectivity index (χ1n) is 6.02. The number of nitrogens with two attached hydrogens (primary N) is 1. The van der Waals surface area contributed by atoms with Crippen LogP contribution < -0.4 is 10.5 Å². The van der Waals surface area contributed by atoms with E-state index >= 15 is 0 Å². The van der Waals surface area contributed by atoms with Gasteiger partial charge in [0, 0.05) is 6.20 Å². The lowest BCUT2D eigenvalue weighted by Gasteiger charge is -2.16. The molecule has 0 unspecified atom stereocenters. The van der Waals surface area contributed by atoms with Gasteiger partial charge in [-0.05, 0) is 11.6 Å². The molecule has 0 radical (unpaired) electrons. The topological polar surface area (TPSA) is 122 Å². The van der Waals surface area contributed by atoms with Crippen molar-refractivity contribution in [3.05, 3.63) is 53.2 Å². The largest absolute Gasteiger partial charge is 0.480 e.